The predicted octanol–water partition coefficient (Wildman–Crippen LogP) is 3.65. The van der Waals surface area contributed by atoms with Gasteiger partial charge in [0, 0.05) is 36.3 Å². The fourth-order valence-electron chi connectivity index (χ4n) is 4.42. The SMILES string of the molecule is COc1cccc(-c2cc(C(=O)Nc3cc(C4CCC(OC(=O)NC(C)C)C4)[nH]n3)n(C)n2)c1C=O. The molecule has 2 unspecified atom stereocenters. The minimum absolute atomic E-state index is 0.0200. The number of ether oxygens (including phenoxy) is 2. The van der Waals surface area contributed by atoms with Crippen molar-refractivity contribution in [2.45, 2.75) is 51.2 Å². The van der Waals surface area contributed by atoms with E-state index in [0.29, 0.717) is 46.8 Å². The first-order valence-corrected chi connectivity index (χ1v) is 11.8. The van der Waals surface area contributed by atoms with Gasteiger partial charge in [0.05, 0.1) is 18.4 Å². The molecule has 1 fully saturated rings. The Hall–Kier alpha value is -4.15. The van der Waals surface area contributed by atoms with E-state index in [9.17, 15) is 14.4 Å². The van der Waals surface area contributed by atoms with Gasteiger partial charge in [0.2, 0.25) is 0 Å². The molecule has 3 aromatic rings. The molecule has 0 bridgehead atoms. The number of hydrogen-bond acceptors (Lipinski definition) is 7. The molecule has 1 aliphatic rings. The second kappa shape index (κ2) is 10.6. The van der Waals surface area contributed by atoms with Gasteiger partial charge < -0.3 is 20.1 Å². The lowest BCUT2D eigenvalue weighted by atomic mass is 10.0. The second-order valence-corrected chi connectivity index (χ2v) is 9.08. The molecular formula is C25H30N6O5. The molecule has 11 nitrogen and oxygen atoms in total. The third kappa shape index (κ3) is 5.40. The number of carbonyl (C=O) groups is 3. The number of aryl methyl sites for hydroxylation is 1. The Balaban J connectivity index is 1.42. The monoisotopic (exact) mass is 494 g/mol. The van der Waals surface area contributed by atoms with E-state index in [0.717, 1.165) is 18.5 Å². The zero-order chi connectivity index (χ0) is 25.8. The lowest BCUT2D eigenvalue weighted by molar-refractivity contribution is 0.0979. The van der Waals surface area contributed by atoms with E-state index in [-0.39, 0.29) is 24.0 Å². The van der Waals surface area contributed by atoms with Crippen LogP contribution in [0.25, 0.3) is 11.3 Å². The summed E-state index contributed by atoms with van der Waals surface area (Å²) in [5.41, 5.74) is 2.59. The van der Waals surface area contributed by atoms with E-state index < -0.39 is 6.09 Å². The van der Waals surface area contributed by atoms with Crippen LogP contribution in [0.2, 0.25) is 0 Å². The van der Waals surface area contributed by atoms with Crippen LogP contribution in [0.1, 0.15) is 65.6 Å². The van der Waals surface area contributed by atoms with Gasteiger partial charge in [-0.15, -0.1) is 0 Å². The highest BCUT2D eigenvalue weighted by atomic mass is 16.6. The van der Waals surface area contributed by atoms with Crippen molar-refractivity contribution in [1.82, 2.24) is 25.3 Å². The molecule has 11 heteroatoms. The van der Waals surface area contributed by atoms with Crippen LogP contribution in [0.15, 0.2) is 30.3 Å². The van der Waals surface area contributed by atoms with Gasteiger partial charge in [0.15, 0.2) is 12.1 Å². The van der Waals surface area contributed by atoms with Gasteiger partial charge in [-0.2, -0.15) is 10.2 Å². The number of hydrogen-bond donors (Lipinski definition) is 3. The van der Waals surface area contributed by atoms with E-state index in [1.807, 2.05) is 13.8 Å². The van der Waals surface area contributed by atoms with Crippen LogP contribution >= 0.6 is 0 Å². The smallest absolute Gasteiger partial charge is 0.407 e. The number of rotatable bonds is 8. The summed E-state index contributed by atoms with van der Waals surface area (Å²) in [6.45, 7) is 3.76. The number of carbonyl (C=O) groups excluding carboxylic acids is 3. The van der Waals surface area contributed by atoms with Gasteiger partial charge in [0.1, 0.15) is 17.5 Å². The van der Waals surface area contributed by atoms with Gasteiger partial charge >= 0.3 is 6.09 Å². The Morgan fingerprint density at radius 3 is 2.78 bits per heavy atom. The number of nitrogens with zero attached hydrogens (tertiary/aromatic N) is 3. The van der Waals surface area contributed by atoms with Crippen LogP contribution < -0.4 is 15.4 Å². The molecule has 0 saturated heterocycles. The minimum Gasteiger partial charge on any atom is -0.496 e. The van der Waals surface area contributed by atoms with Crippen LogP contribution in [-0.2, 0) is 11.8 Å². The quantitative estimate of drug-likeness (QED) is 0.406. The molecule has 2 atom stereocenters. The first-order valence-electron chi connectivity index (χ1n) is 11.8. The second-order valence-electron chi connectivity index (χ2n) is 9.08. The topological polar surface area (TPSA) is 140 Å². The van der Waals surface area contributed by atoms with Gasteiger partial charge in [-0.3, -0.25) is 19.4 Å². The van der Waals surface area contributed by atoms with Crippen LogP contribution in [0.4, 0.5) is 10.6 Å². The van der Waals surface area contributed by atoms with Crippen molar-refractivity contribution in [2.75, 3.05) is 12.4 Å². The standard InChI is InChI=1S/C25H30N6O5/c1-14(2)26-25(34)36-16-9-8-15(10-16)19-12-23(29-28-19)27-24(33)21-11-20(30-31(21)3)17-6-5-7-22(35-4)18(17)13-32/h5-7,11-16H,8-10H2,1-4H3,(H,26,34)(H2,27,28,29,33). The Kier molecular flexibility index (Phi) is 7.37. The molecular weight excluding hydrogens is 464 g/mol. The number of aromatic nitrogens is 4. The first-order chi connectivity index (χ1) is 17.3. The number of aldehydes is 1. The molecule has 0 aliphatic heterocycles. The molecule has 36 heavy (non-hydrogen) atoms. The molecule has 1 aliphatic carbocycles. The predicted molar refractivity (Wildman–Crippen MR) is 132 cm³/mol. The van der Waals surface area contributed by atoms with Gasteiger partial charge in [-0.25, -0.2) is 4.79 Å². The van der Waals surface area contributed by atoms with E-state index in [2.05, 4.69) is 25.9 Å². The fraction of sp³-hybridized carbons (Fsp3) is 0.400. The highest BCUT2D eigenvalue weighted by Gasteiger charge is 2.30. The van der Waals surface area contributed by atoms with Crippen molar-refractivity contribution in [2.24, 2.45) is 7.05 Å². The van der Waals surface area contributed by atoms with Crippen LogP contribution in [-0.4, -0.2) is 57.5 Å². The van der Waals surface area contributed by atoms with Gasteiger partial charge in [-0.05, 0) is 45.2 Å². The molecule has 4 rings (SSSR count). The Morgan fingerprint density at radius 2 is 2.06 bits per heavy atom. The van der Waals surface area contributed by atoms with E-state index in [1.54, 1.807) is 37.4 Å². The summed E-state index contributed by atoms with van der Waals surface area (Å²) in [6, 6.07) is 8.64. The van der Waals surface area contributed by atoms with Gasteiger partial charge in [-0.1, -0.05) is 12.1 Å². The zero-order valence-corrected chi connectivity index (χ0v) is 20.7. The average Bonchev–Trinajstić information content (AvgIpc) is 3.58. The minimum atomic E-state index is -0.405. The number of methoxy groups -OCH3 is 1. The number of aromatic amines is 1. The number of amides is 2. The Labute approximate surface area is 208 Å². The summed E-state index contributed by atoms with van der Waals surface area (Å²) in [6.07, 6.45) is 2.45. The summed E-state index contributed by atoms with van der Waals surface area (Å²) >= 11 is 0. The highest BCUT2D eigenvalue weighted by Crippen LogP contribution is 2.36. The number of H-pyrrole nitrogens is 1. The summed E-state index contributed by atoms with van der Waals surface area (Å²) in [7, 11) is 3.15. The molecule has 2 aromatic heterocycles. The van der Waals surface area contributed by atoms with Gasteiger partial charge in [0.25, 0.3) is 5.91 Å². The van der Waals surface area contributed by atoms with Crippen molar-refractivity contribution >= 4 is 24.1 Å². The lowest BCUT2D eigenvalue weighted by Crippen LogP contribution is -2.33. The van der Waals surface area contributed by atoms with Crippen molar-refractivity contribution in [1.29, 1.82) is 0 Å². The van der Waals surface area contributed by atoms with Crippen molar-refractivity contribution in [3.05, 3.63) is 47.3 Å². The van der Waals surface area contributed by atoms with Crippen LogP contribution in [0.3, 0.4) is 0 Å². The van der Waals surface area contributed by atoms with Crippen LogP contribution in [0.5, 0.6) is 5.75 Å². The number of anilines is 1. The van der Waals surface area contributed by atoms with E-state index in [4.69, 9.17) is 9.47 Å². The third-order valence-electron chi connectivity index (χ3n) is 6.14. The Bertz CT molecular complexity index is 1260. The normalized spacial score (nSPS) is 17.1. The number of benzene rings is 1. The molecule has 1 aromatic carbocycles. The molecule has 0 spiro atoms. The average molecular weight is 495 g/mol. The summed E-state index contributed by atoms with van der Waals surface area (Å²) in [4.78, 5) is 36.5. The fourth-order valence-corrected chi connectivity index (χ4v) is 4.42. The molecule has 1 saturated carbocycles. The van der Waals surface area contributed by atoms with Crippen molar-refractivity contribution in [3.63, 3.8) is 0 Å². The maximum atomic E-state index is 13.0. The maximum Gasteiger partial charge on any atom is 0.407 e. The molecule has 3 N–H and O–H groups in total. The van der Waals surface area contributed by atoms with E-state index >= 15 is 0 Å². The molecule has 190 valence electrons. The first kappa shape index (κ1) is 25.0. The molecule has 0 radical (unpaired) electrons. The lowest BCUT2D eigenvalue weighted by Gasteiger charge is -2.14. The maximum absolute atomic E-state index is 13.0. The van der Waals surface area contributed by atoms with Crippen LogP contribution in [0, 0.1) is 0 Å². The number of alkyl carbamates (subject to hydrolysis) is 1. The van der Waals surface area contributed by atoms with E-state index in [1.165, 1.54) is 11.8 Å². The Morgan fingerprint density at radius 1 is 1.25 bits per heavy atom. The van der Waals surface area contributed by atoms with Crippen molar-refractivity contribution in [3.8, 4) is 17.0 Å². The zero-order valence-electron chi connectivity index (χ0n) is 20.7. The summed E-state index contributed by atoms with van der Waals surface area (Å²) < 4.78 is 12.2. The highest BCUT2D eigenvalue weighted by molar-refractivity contribution is 6.03. The van der Waals surface area contributed by atoms with Crippen molar-refractivity contribution < 1.29 is 23.9 Å². The third-order valence-corrected chi connectivity index (χ3v) is 6.14. The summed E-state index contributed by atoms with van der Waals surface area (Å²) in [5.74, 6) is 0.582. The molecule has 2 heterocycles. The summed E-state index contributed by atoms with van der Waals surface area (Å²) in [5, 5.41) is 17.2. The largest absolute Gasteiger partial charge is 0.496 e. The number of nitrogens with one attached hydrogen (secondary N) is 3. The molecule has 2 amide bonds.